The van der Waals surface area contributed by atoms with Gasteiger partial charge < -0.3 is 14.2 Å². The number of benzene rings is 1. The summed E-state index contributed by atoms with van der Waals surface area (Å²) in [6.45, 7) is 4.03. The minimum Gasteiger partial charge on any atom is -0.422 e. The van der Waals surface area contributed by atoms with E-state index in [1.807, 2.05) is 35.9 Å². The summed E-state index contributed by atoms with van der Waals surface area (Å²) >= 11 is 3.40. The van der Waals surface area contributed by atoms with Crippen LogP contribution in [-0.4, -0.2) is 56.7 Å². The van der Waals surface area contributed by atoms with Gasteiger partial charge in [0.05, 0.1) is 0 Å². The van der Waals surface area contributed by atoms with Crippen LogP contribution in [0.4, 0.5) is 5.82 Å². The summed E-state index contributed by atoms with van der Waals surface area (Å²) in [6, 6.07) is 10.7. The van der Waals surface area contributed by atoms with Crippen LogP contribution >= 0.6 is 15.9 Å². The smallest absolute Gasteiger partial charge is 0.349 e. The van der Waals surface area contributed by atoms with Gasteiger partial charge >= 0.3 is 5.63 Å². The summed E-state index contributed by atoms with van der Waals surface area (Å²) in [6.07, 6.45) is 3.56. The molecule has 0 atom stereocenters. The molecule has 1 aliphatic heterocycles. The minimum atomic E-state index is -0.622. The molecule has 0 N–H and O–H groups in total. The number of carbonyl (C=O) groups is 1. The molecule has 0 bridgehead atoms. The first-order chi connectivity index (χ1) is 15.5. The van der Waals surface area contributed by atoms with Crippen molar-refractivity contribution in [1.29, 1.82) is 0 Å². The topological polar surface area (TPSA) is 97.4 Å². The molecule has 1 aromatic carbocycles. The van der Waals surface area contributed by atoms with Gasteiger partial charge in [-0.15, -0.1) is 10.2 Å². The Morgan fingerprint density at radius 2 is 1.78 bits per heavy atom. The zero-order valence-electron chi connectivity index (χ0n) is 17.2. The zero-order valence-corrected chi connectivity index (χ0v) is 18.8. The normalized spacial score (nSPS) is 14.2. The number of rotatable bonds is 3. The van der Waals surface area contributed by atoms with Crippen molar-refractivity contribution >= 4 is 38.6 Å². The van der Waals surface area contributed by atoms with Gasteiger partial charge in [0.2, 0.25) is 0 Å². The van der Waals surface area contributed by atoms with Crippen molar-refractivity contribution in [2.24, 2.45) is 0 Å². The van der Waals surface area contributed by atoms with E-state index in [1.54, 1.807) is 29.3 Å². The second-order valence-corrected chi connectivity index (χ2v) is 8.42. The fourth-order valence-corrected chi connectivity index (χ4v) is 4.17. The number of carbonyl (C=O) groups excluding carboxylic acids is 1. The number of halogens is 1. The Bertz CT molecular complexity index is 1360. The molecule has 0 unspecified atom stereocenters. The van der Waals surface area contributed by atoms with Crippen LogP contribution in [0.2, 0.25) is 0 Å². The highest BCUT2D eigenvalue weighted by molar-refractivity contribution is 9.10. The second kappa shape index (κ2) is 8.19. The van der Waals surface area contributed by atoms with Gasteiger partial charge in [0, 0.05) is 48.4 Å². The Morgan fingerprint density at radius 1 is 1.03 bits per heavy atom. The number of amides is 1. The van der Waals surface area contributed by atoms with Gasteiger partial charge in [0.25, 0.3) is 5.91 Å². The number of piperazine rings is 1. The number of aryl methyl sites for hydroxylation is 1. The number of nitrogens with zero attached hydrogens (tertiary/aromatic N) is 6. The monoisotopic (exact) mass is 494 g/mol. The van der Waals surface area contributed by atoms with Crippen molar-refractivity contribution in [3.63, 3.8) is 0 Å². The van der Waals surface area contributed by atoms with Crippen molar-refractivity contribution in [2.45, 2.75) is 6.92 Å². The lowest BCUT2D eigenvalue weighted by Gasteiger charge is -2.35. The highest BCUT2D eigenvalue weighted by Crippen LogP contribution is 2.21. The molecular weight excluding hydrogens is 476 g/mol. The van der Waals surface area contributed by atoms with E-state index < -0.39 is 5.63 Å². The van der Waals surface area contributed by atoms with Gasteiger partial charge in [0.1, 0.15) is 17.0 Å². The molecule has 9 nitrogen and oxygen atoms in total. The maximum Gasteiger partial charge on any atom is 0.349 e. The minimum absolute atomic E-state index is 0.0453. The van der Waals surface area contributed by atoms with Crippen molar-refractivity contribution in [2.75, 3.05) is 31.1 Å². The number of anilines is 1. The third-order valence-electron chi connectivity index (χ3n) is 5.52. The van der Waals surface area contributed by atoms with Crippen LogP contribution in [0.1, 0.15) is 16.2 Å². The SMILES string of the molecule is Cc1nccn1-c1ccc(N2CCN(C(=O)c3cc4cc(Br)ccc4oc3=O)CC2)nn1. The van der Waals surface area contributed by atoms with Crippen LogP contribution in [0.3, 0.4) is 0 Å². The molecule has 1 fully saturated rings. The predicted octanol–water partition coefficient (Wildman–Crippen LogP) is 2.80. The molecule has 10 heteroatoms. The van der Waals surface area contributed by atoms with Crippen molar-refractivity contribution in [3.8, 4) is 5.82 Å². The molecule has 162 valence electrons. The summed E-state index contributed by atoms with van der Waals surface area (Å²) in [4.78, 5) is 33.3. The first kappa shape index (κ1) is 20.4. The van der Waals surface area contributed by atoms with E-state index in [4.69, 9.17) is 4.42 Å². The molecule has 1 aliphatic rings. The molecular formula is C22H19BrN6O3. The maximum atomic E-state index is 13.0. The van der Waals surface area contributed by atoms with E-state index in [0.29, 0.717) is 43.0 Å². The number of hydrogen-bond donors (Lipinski definition) is 0. The van der Waals surface area contributed by atoms with E-state index in [1.165, 1.54) is 0 Å². The summed E-state index contributed by atoms with van der Waals surface area (Å²) in [5.41, 5.74) is -0.125. The summed E-state index contributed by atoms with van der Waals surface area (Å²) in [5.74, 6) is 1.96. The summed E-state index contributed by atoms with van der Waals surface area (Å²) in [7, 11) is 0. The number of imidazole rings is 1. The van der Waals surface area contributed by atoms with Gasteiger partial charge in [-0.2, -0.15) is 0 Å². The highest BCUT2D eigenvalue weighted by Gasteiger charge is 2.25. The molecule has 4 heterocycles. The lowest BCUT2D eigenvalue weighted by molar-refractivity contribution is 0.0742. The lowest BCUT2D eigenvalue weighted by atomic mass is 10.1. The highest BCUT2D eigenvalue weighted by atomic mass is 79.9. The largest absolute Gasteiger partial charge is 0.422 e. The van der Waals surface area contributed by atoms with Crippen LogP contribution in [0, 0.1) is 6.92 Å². The summed E-state index contributed by atoms with van der Waals surface area (Å²) in [5, 5.41) is 9.34. The molecule has 0 aliphatic carbocycles. The number of aromatic nitrogens is 4. The molecule has 0 saturated carbocycles. The molecule has 1 amide bonds. The quantitative estimate of drug-likeness (QED) is 0.404. The molecule has 0 radical (unpaired) electrons. The molecule has 4 aromatic rings. The third kappa shape index (κ3) is 3.77. The third-order valence-corrected chi connectivity index (χ3v) is 6.02. The second-order valence-electron chi connectivity index (χ2n) is 7.50. The average molecular weight is 495 g/mol. The van der Waals surface area contributed by atoms with Crippen LogP contribution < -0.4 is 10.5 Å². The van der Waals surface area contributed by atoms with Crippen LogP contribution in [0.15, 0.2) is 62.5 Å². The predicted molar refractivity (Wildman–Crippen MR) is 122 cm³/mol. The Hall–Kier alpha value is -3.53. The maximum absolute atomic E-state index is 13.0. The fourth-order valence-electron chi connectivity index (χ4n) is 3.79. The van der Waals surface area contributed by atoms with E-state index in [2.05, 4.69) is 36.0 Å². The number of hydrogen-bond acceptors (Lipinski definition) is 7. The van der Waals surface area contributed by atoms with Crippen molar-refractivity contribution in [3.05, 3.63) is 75.1 Å². The van der Waals surface area contributed by atoms with Crippen LogP contribution in [-0.2, 0) is 0 Å². The van der Waals surface area contributed by atoms with E-state index in [-0.39, 0.29) is 11.5 Å². The molecule has 3 aromatic heterocycles. The van der Waals surface area contributed by atoms with Crippen LogP contribution in [0.5, 0.6) is 0 Å². The summed E-state index contributed by atoms with van der Waals surface area (Å²) < 4.78 is 8.05. The van der Waals surface area contributed by atoms with Gasteiger partial charge in [-0.1, -0.05) is 15.9 Å². The van der Waals surface area contributed by atoms with Gasteiger partial charge in [-0.05, 0) is 43.3 Å². The first-order valence-corrected chi connectivity index (χ1v) is 10.9. The van der Waals surface area contributed by atoms with Gasteiger partial charge in [0.15, 0.2) is 11.6 Å². The van der Waals surface area contributed by atoms with Crippen molar-refractivity contribution in [1.82, 2.24) is 24.6 Å². The van der Waals surface area contributed by atoms with Gasteiger partial charge in [-0.25, -0.2) is 9.78 Å². The molecule has 5 rings (SSSR count). The van der Waals surface area contributed by atoms with Gasteiger partial charge in [-0.3, -0.25) is 9.36 Å². The van der Waals surface area contributed by atoms with E-state index in [0.717, 1.165) is 16.1 Å². The Kier molecular flexibility index (Phi) is 5.22. The standard InChI is InChI=1S/C22H19BrN6O3/c1-14-24-6-7-29(14)20-5-4-19(25-26-20)27-8-10-28(11-9-27)21(30)17-13-15-12-16(23)2-3-18(15)32-22(17)31/h2-7,12-13H,8-11H2,1H3. The lowest BCUT2D eigenvalue weighted by Crippen LogP contribution is -2.49. The van der Waals surface area contributed by atoms with E-state index in [9.17, 15) is 9.59 Å². The Balaban J connectivity index is 1.29. The van der Waals surface area contributed by atoms with E-state index >= 15 is 0 Å². The van der Waals surface area contributed by atoms with Crippen molar-refractivity contribution < 1.29 is 9.21 Å². The fraction of sp³-hybridized carbons (Fsp3) is 0.227. The zero-order chi connectivity index (χ0) is 22.2. The van der Waals surface area contributed by atoms with Crippen LogP contribution in [0.25, 0.3) is 16.8 Å². The first-order valence-electron chi connectivity index (χ1n) is 10.1. The Labute approximate surface area is 191 Å². The Morgan fingerprint density at radius 3 is 2.47 bits per heavy atom. The average Bonchev–Trinajstić information content (AvgIpc) is 3.24. The molecule has 1 saturated heterocycles. The molecule has 32 heavy (non-hydrogen) atoms. The number of fused-ring (bicyclic) bond motifs is 1. The molecule has 0 spiro atoms.